The van der Waals surface area contributed by atoms with Crippen LogP contribution in [0.3, 0.4) is 0 Å². The third kappa shape index (κ3) is 3.63. The molecule has 0 aliphatic heterocycles. The lowest BCUT2D eigenvalue weighted by Gasteiger charge is -2.17. The lowest BCUT2D eigenvalue weighted by atomic mass is 10.2. The molecule has 0 radical (unpaired) electrons. The fraction of sp³-hybridized carbons (Fsp3) is 0.400. The molecule has 0 spiro atoms. The van der Waals surface area contributed by atoms with Crippen molar-refractivity contribution in [1.29, 1.82) is 0 Å². The molecule has 0 fully saturated rings. The van der Waals surface area contributed by atoms with E-state index in [1.807, 2.05) is 12.1 Å². The van der Waals surface area contributed by atoms with Crippen molar-refractivity contribution in [3.63, 3.8) is 0 Å². The first-order valence-electron chi connectivity index (χ1n) is 6.93. The van der Waals surface area contributed by atoms with Gasteiger partial charge in [0, 0.05) is 4.88 Å². The average Bonchev–Trinajstić information content (AvgIpc) is 2.99. The highest BCUT2D eigenvalue weighted by atomic mass is 32.1. The van der Waals surface area contributed by atoms with E-state index >= 15 is 0 Å². The van der Waals surface area contributed by atoms with Gasteiger partial charge in [-0.3, -0.25) is 0 Å². The molecule has 5 heteroatoms. The Kier molecular flexibility index (Phi) is 5.24. The van der Waals surface area contributed by atoms with Crippen molar-refractivity contribution in [2.24, 2.45) is 0 Å². The number of hydrogen-bond acceptors (Lipinski definition) is 5. The maximum Gasteiger partial charge on any atom is 0.239 e. The summed E-state index contributed by atoms with van der Waals surface area (Å²) in [5, 5.41) is 5.53. The van der Waals surface area contributed by atoms with Crippen LogP contribution in [0, 0.1) is 0 Å². The van der Waals surface area contributed by atoms with Crippen molar-refractivity contribution in [2.45, 2.75) is 32.7 Å². The smallest absolute Gasteiger partial charge is 0.239 e. The summed E-state index contributed by atoms with van der Waals surface area (Å²) >= 11 is 1.75. The summed E-state index contributed by atoms with van der Waals surface area (Å²) in [7, 11) is 0. The fourth-order valence-corrected chi connectivity index (χ4v) is 2.75. The summed E-state index contributed by atoms with van der Waals surface area (Å²) in [4.78, 5) is 5.76. The molecule has 1 atom stereocenters. The quantitative estimate of drug-likeness (QED) is 0.807. The van der Waals surface area contributed by atoms with Gasteiger partial charge in [0.1, 0.15) is 5.82 Å². The number of thiophene rings is 1. The average molecular weight is 291 g/mol. The predicted octanol–water partition coefficient (Wildman–Crippen LogP) is 4.08. The number of nitrogens with one attached hydrogen (secondary N) is 1. The zero-order chi connectivity index (χ0) is 14.4. The van der Waals surface area contributed by atoms with Gasteiger partial charge < -0.3 is 15.8 Å². The van der Waals surface area contributed by atoms with Crippen molar-refractivity contribution in [3.8, 4) is 5.88 Å². The van der Waals surface area contributed by atoms with Gasteiger partial charge >= 0.3 is 0 Å². The molecule has 2 aromatic heterocycles. The molecular formula is C15H21N3OS. The fourth-order valence-electron chi connectivity index (χ4n) is 1.89. The first-order chi connectivity index (χ1) is 9.74. The second-order valence-electron chi connectivity index (χ2n) is 4.56. The molecule has 0 aliphatic carbocycles. The van der Waals surface area contributed by atoms with Crippen LogP contribution in [0.1, 0.15) is 37.6 Å². The van der Waals surface area contributed by atoms with Crippen molar-refractivity contribution in [1.82, 2.24) is 4.98 Å². The van der Waals surface area contributed by atoms with Gasteiger partial charge in [0.15, 0.2) is 0 Å². The van der Waals surface area contributed by atoms with E-state index in [4.69, 9.17) is 10.5 Å². The molecule has 20 heavy (non-hydrogen) atoms. The first kappa shape index (κ1) is 14.7. The van der Waals surface area contributed by atoms with E-state index in [-0.39, 0.29) is 6.04 Å². The largest absolute Gasteiger partial charge is 0.476 e. The van der Waals surface area contributed by atoms with E-state index in [1.54, 1.807) is 11.3 Å². The molecule has 0 amide bonds. The minimum atomic E-state index is 0.269. The van der Waals surface area contributed by atoms with E-state index in [0.29, 0.717) is 18.2 Å². The minimum absolute atomic E-state index is 0.269. The topological polar surface area (TPSA) is 60.2 Å². The molecule has 4 nitrogen and oxygen atoms in total. The maximum atomic E-state index is 5.87. The Bertz CT molecular complexity index is 528. The molecule has 108 valence electrons. The van der Waals surface area contributed by atoms with Crippen LogP contribution in [0.4, 0.5) is 11.5 Å². The number of pyridine rings is 1. The van der Waals surface area contributed by atoms with E-state index in [0.717, 1.165) is 18.7 Å². The number of ether oxygens (including phenoxy) is 1. The second kappa shape index (κ2) is 7.14. The van der Waals surface area contributed by atoms with Crippen molar-refractivity contribution < 1.29 is 4.74 Å². The van der Waals surface area contributed by atoms with Crippen LogP contribution in [0.15, 0.2) is 29.6 Å². The Morgan fingerprint density at radius 1 is 1.35 bits per heavy atom. The first-order valence-corrected chi connectivity index (χ1v) is 7.81. The van der Waals surface area contributed by atoms with E-state index in [9.17, 15) is 0 Å². The van der Waals surface area contributed by atoms with Crippen LogP contribution in [0.5, 0.6) is 5.88 Å². The highest BCUT2D eigenvalue weighted by molar-refractivity contribution is 7.10. The molecule has 0 aromatic carbocycles. The molecule has 1 unspecified atom stereocenters. The molecule has 2 heterocycles. The number of nitrogens with two attached hydrogens (primary N) is 1. The van der Waals surface area contributed by atoms with Gasteiger partial charge in [-0.1, -0.05) is 19.9 Å². The number of aromatic nitrogens is 1. The summed E-state index contributed by atoms with van der Waals surface area (Å²) in [6, 6.07) is 8.20. The highest BCUT2D eigenvalue weighted by Crippen LogP contribution is 2.27. The van der Waals surface area contributed by atoms with Crippen molar-refractivity contribution >= 4 is 22.8 Å². The van der Waals surface area contributed by atoms with Crippen LogP contribution in [-0.4, -0.2) is 11.6 Å². The van der Waals surface area contributed by atoms with Crippen LogP contribution in [-0.2, 0) is 0 Å². The Morgan fingerprint density at radius 2 is 2.20 bits per heavy atom. The van der Waals surface area contributed by atoms with Gasteiger partial charge in [-0.15, -0.1) is 11.3 Å². The second-order valence-corrected chi connectivity index (χ2v) is 5.54. The molecule has 2 rings (SSSR count). The molecule has 0 bridgehead atoms. The summed E-state index contributed by atoms with van der Waals surface area (Å²) < 4.78 is 5.56. The third-order valence-corrected chi connectivity index (χ3v) is 3.94. The van der Waals surface area contributed by atoms with Gasteiger partial charge in [0.05, 0.1) is 18.3 Å². The SMILES string of the molecule is CCCOc1nc(NC(CC)c2cccs2)ccc1N. The Balaban J connectivity index is 2.12. The number of rotatable bonds is 7. The number of anilines is 2. The van der Waals surface area contributed by atoms with E-state index < -0.39 is 0 Å². The van der Waals surface area contributed by atoms with Crippen molar-refractivity contribution in [3.05, 3.63) is 34.5 Å². The summed E-state index contributed by atoms with van der Waals surface area (Å²) in [6.45, 7) is 4.84. The monoisotopic (exact) mass is 291 g/mol. The zero-order valence-corrected chi connectivity index (χ0v) is 12.7. The van der Waals surface area contributed by atoms with Crippen LogP contribution in [0.25, 0.3) is 0 Å². The normalized spacial score (nSPS) is 12.1. The maximum absolute atomic E-state index is 5.87. The Hall–Kier alpha value is -1.75. The number of hydrogen-bond donors (Lipinski definition) is 2. The molecule has 0 saturated heterocycles. The van der Waals surface area contributed by atoms with Crippen LogP contribution < -0.4 is 15.8 Å². The molecule has 0 saturated carbocycles. The van der Waals surface area contributed by atoms with E-state index in [1.165, 1.54) is 4.88 Å². The summed E-state index contributed by atoms with van der Waals surface area (Å²) in [5.41, 5.74) is 6.45. The summed E-state index contributed by atoms with van der Waals surface area (Å²) in [6.07, 6.45) is 1.93. The predicted molar refractivity (Wildman–Crippen MR) is 85.4 cm³/mol. The molecular weight excluding hydrogens is 270 g/mol. The lowest BCUT2D eigenvalue weighted by Crippen LogP contribution is -2.10. The number of nitrogen functional groups attached to an aromatic ring is 1. The van der Waals surface area contributed by atoms with Gasteiger partial charge in [0.25, 0.3) is 0 Å². The Labute approximate surface area is 124 Å². The van der Waals surface area contributed by atoms with Gasteiger partial charge in [0.2, 0.25) is 5.88 Å². The van der Waals surface area contributed by atoms with Crippen LogP contribution >= 0.6 is 11.3 Å². The van der Waals surface area contributed by atoms with Gasteiger partial charge in [-0.2, -0.15) is 4.98 Å². The zero-order valence-electron chi connectivity index (χ0n) is 11.9. The van der Waals surface area contributed by atoms with Crippen LogP contribution in [0.2, 0.25) is 0 Å². The minimum Gasteiger partial charge on any atom is -0.476 e. The van der Waals surface area contributed by atoms with Gasteiger partial charge in [-0.05, 0) is 36.4 Å². The van der Waals surface area contributed by atoms with Crippen molar-refractivity contribution in [2.75, 3.05) is 17.7 Å². The summed E-state index contributed by atoms with van der Waals surface area (Å²) in [5.74, 6) is 1.31. The standard InChI is InChI=1S/C15H21N3OS/c1-3-9-19-15-11(16)7-8-14(18-15)17-12(4-2)13-6-5-10-20-13/h5-8,10,12H,3-4,9,16H2,1-2H3,(H,17,18). The van der Waals surface area contributed by atoms with E-state index in [2.05, 4.69) is 41.7 Å². The molecule has 3 N–H and O–H groups in total. The lowest BCUT2D eigenvalue weighted by molar-refractivity contribution is 0.307. The Morgan fingerprint density at radius 3 is 2.85 bits per heavy atom. The number of nitrogens with zero attached hydrogens (tertiary/aromatic N) is 1. The third-order valence-electron chi connectivity index (χ3n) is 2.95. The molecule has 2 aromatic rings. The molecule has 0 aliphatic rings. The van der Waals surface area contributed by atoms with Gasteiger partial charge in [-0.25, -0.2) is 0 Å². The highest BCUT2D eigenvalue weighted by Gasteiger charge is 2.12.